The number of hydrogen-bond acceptors (Lipinski definition) is 3. The molecule has 0 radical (unpaired) electrons. The average molecular weight is 455 g/mol. The molecule has 5 rings (SSSR count). The van der Waals surface area contributed by atoms with Gasteiger partial charge in [-0.15, -0.1) is 0 Å². The van der Waals surface area contributed by atoms with Gasteiger partial charge in [-0.05, 0) is 49.9 Å². The molecule has 0 unspecified atom stereocenters. The summed E-state index contributed by atoms with van der Waals surface area (Å²) < 4.78 is 37.1. The van der Waals surface area contributed by atoms with E-state index in [1.54, 1.807) is 24.3 Å². The molecule has 1 aliphatic rings. The topological polar surface area (TPSA) is 44.1 Å². The van der Waals surface area contributed by atoms with Crippen molar-refractivity contribution in [3.63, 3.8) is 0 Å². The highest BCUT2D eigenvalue weighted by Crippen LogP contribution is 2.42. The summed E-state index contributed by atoms with van der Waals surface area (Å²) in [6.07, 6.45) is 2.98. The average Bonchev–Trinajstić information content (AvgIpc) is 3.09. The predicted molar refractivity (Wildman–Crippen MR) is 120 cm³/mol. The fourth-order valence-corrected chi connectivity index (χ4v) is 4.90. The summed E-state index contributed by atoms with van der Waals surface area (Å²) in [7, 11) is 0. The van der Waals surface area contributed by atoms with Gasteiger partial charge in [0.15, 0.2) is 5.78 Å². The summed E-state index contributed by atoms with van der Waals surface area (Å²) in [6, 6.07) is 11.0. The molecule has 1 atom stereocenters. The minimum atomic E-state index is -0.552. The number of fused-ring (bicyclic) bond motifs is 3. The second-order valence-electron chi connectivity index (χ2n) is 8.22. The highest BCUT2D eigenvalue weighted by Gasteiger charge is 2.32. The third-order valence-electron chi connectivity index (χ3n) is 6.30. The summed E-state index contributed by atoms with van der Waals surface area (Å²) in [5.41, 5.74) is 2.82. The number of aromatic nitrogens is 2. The molecule has 0 bridgehead atoms. The fraction of sp³-hybridized carbons (Fsp3) is 0.280. The van der Waals surface area contributed by atoms with Crippen LogP contribution in [0.25, 0.3) is 21.9 Å². The molecule has 4 aromatic rings. The first-order valence-corrected chi connectivity index (χ1v) is 11.0. The summed E-state index contributed by atoms with van der Waals surface area (Å²) in [4.78, 5) is 16.6. The van der Waals surface area contributed by atoms with Gasteiger partial charge in [-0.2, -0.15) is 0 Å². The van der Waals surface area contributed by atoms with E-state index in [9.17, 15) is 9.18 Å². The predicted octanol–water partition coefficient (Wildman–Crippen LogP) is 6.34. The van der Waals surface area contributed by atoms with Gasteiger partial charge in [-0.3, -0.25) is 9.78 Å². The van der Waals surface area contributed by atoms with Crippen LogP contribution in [0.15, 0.2) is 48.7 Å². The monoisotopic (exact) mass is 454 g/mol. The third-order valence-corrected chi connectivity index (χ3v) is 6.59. The van der Waals surface area contributed by atoms with E-state index in [0.717, 1.165) is 12.8 Å². The van der Waals surface area contributed by atoms with Crippen LogP contribution in [0.3, 0.4) is 0 Å². The summed E-state index contributed by atoms with van der Waals surface area (Å²) in [5, 5.41) is 0.554. The van der Waals surface area contributed by atoms with Crippen LogP contribution in [0.1, 0.15) is 41.7 Å². The quantitative estimate of drug-likeness (QED) is 0.338. The molecule has 164 valence electrons. The van der Waals surface area contributed by atoms with Gasteiger partial charge in [0.05, 0.1) is 27.6 Å². The van der Waals surface area contributed by atoms with E-state index >= 15 is 4.39 Å². The largest absolute Gasteiger partial charge is 0.381 e. The number of carbonyl (C=O) groups is 1. The van der Waals surface area contributed by atoms with Gasteiger partial charge in [0.1, 0.15) is 11.6 Å². The number of ether oxygens (including phenoxy) is 1. The van der Waals surface area contributed by atoms with Crippen molar-refractivity contribution in [2.45, 2.75) is 25.8 Å². The van der Waals surface area contributed by atoms with E-state index in [0.29, 0.717) is 46.3 Å². The first-order valence-electron chi connectivity index (χ1n) is 10.6. The molecule has 2 aromatic carbocycles. The minimum Gasteiger partial charge on any atom is -0.381 e. The molecular formula is C25H21ClF2N2O2. The fourth-order valence-electron chi connectivity index (χ4n) is 4.74. The van der Waals surface area contributed by atoms with Crippen molar-refractivity contribution in [3.05, 3.63) is 76.4 Å². The van der Waals surface area contributed by atoms with E-state index in [2.05, 4.69) is 4.98 Å². The van der Waals surface area contributed by atoms with E-state index < -0.39 is 11.9 Å². The van der Waals surface area contributed by atoms with Crippen molar-refractivity contribution in [1.29, 1.82) is 0 Å². The smallest absolute Gasteiger partial charge is 0.161 e. The maximum Gasteiger partial charge on any atom is 0.161 e. The Balaban J connectivity index is 1.89. The summed E-state index contributed by atoms with van der Waals surface area (Å²) in [6.45, 7) is 2.64. The molecule has 0 saturated carbocycles. The molecular weight excluding hydrogens is 434 g/mol. The van der Waals surface area contributed by atoms with Gasteiger partial charge in [-0.25, -0.2) is 8.78 Å². The normalized spacial score (nSPS) is 16.0. The van der Waals surface area contributed by atoms with Gasteiger partial charge in [0, 0.05) is 35.9 Å². The summed E-state index contributed by atoms with van der Waals surface area (Å²) in [5.74, 6) is -0.926. The molecule has 1 fully saturated rings. The number of nitrogens with zero attached hydrogens (tertiary/aromatic N) is 2. The highest BCUT2D eigenvalue weighted by atomic mass is 35.5. The number of Topliss-reactive ketones (excluding diaryl/α,β-unsaturated/α-hetero) is 1. The van der Waals surface area contributed by atoms with Gasteiger partial charge in [0.25, 0.3) is 0 Å². The molecule has 0 N–H and O–H groups in total. The molecule has 0 spiro atoms. The summed E-state index contributed by atoms with van der Waals surface area (Å²) >= 11 is 6.18. The Morgan fingerprint density at radius 1 is 1.12 bits per heavy atom. The van der Waals surface area contributed by atoms with Crippen molar-refractivity contribution in [3.8, 4) is 0 Å². The lowest BCUT2D eigenvalue weighted by molar-refractivity contribution is 0.0548. The van der Waals surface area contributed by atoms with Crippen molar-refractivity contribution < 1.29 is 18.3 Å². The van der Waals surface area contributed by atoms with Crippen molar-refractivity contribution in [2.24, 2.45) is 5.92 Å². The number of rotatable bonds is 4. The van der Waals surface area contributed by atoms with E-state index in [1.165, 1.54) is 25.3 Å². The lowest BCUT2D eigenvalue weighted by Gasteiger charge is -2.33. The van der Waals surface area contributed by atoms with Gasteiger partial charge in [0.2, 0.25) is 0 Å². The number of benzene rings is 2. The van der Waals surface area contributed by atoms with E-state index in [4.69, 9.17) is 16.3 Å². The second-order valence-corrected chi connectivity index (χ2v) is 8.62. The van der Waals surface area contributed by atoms with Crippen LogP contribution in [0.2, 0.25) is 5.02 Å². The number of pyridine rings is 1. The number of halogens is 3. The van der Waals surface area contributed by atoms with Crippen molar-refractivity contribution in [1.82, 2.24) is 9.55 Å². The molecule has 1 saturated heterocycles. The van der Waals surface area contributed by atoms with Crippen LogP contribution in [0.5, 0.6) is 0 Å². The Bertz CT molecular complexity index is 1350. The van der Waals surface area contributed by atoms with Crippen LogP contribution in [0, 0.1) is 17.6 Å². The Hall–Kier alpha value is -2.83. The maximum absolute atomic E-state index is 15.1. The molecule has 0 aliphatic carbocycles. The molecule has 32 heavy (non-hydrogen) atoms. The van der Waals surface area contributed by atoms with Crippen molar-refractivity contribution >= 4 is 39.3 Å². The molecule has 1 aliphatic heterocycles. The lowest BCUT2D eigenvalue weighted by atomic mass is 9.86. The van der Waals surface area contributed by atoms with Crippen LogP contribution in [0.4, 0.5) is 8.78 Å². The van der Waals surface area contributed by atoms with E-state index in [-0.39, 0.29) is 22.5 Å². The molecule has 0 amide bonds. The van der Waals surface area contributed by atoms with Gasteiger partial charge < -0.3 is 9.30 Å². The Labute approximate surface area is 188 Å². The first kappa shape index (κ1) is 21.0. The molecule has 3 heterocycles. The Morgan fingerprint density at radius 2 is 1.88 bits per heavy atom. The molecule has 4 nitrogen and oxygen atoms in total. The van der Waals surface area contributed by atoms with Gasteiger partial charge in [-0.1, -0.05) is 29.8 Å². The zero-order chi connectivity index (χ0) is 22.4. The standard InChI is InChI=1S/C25H21ClF2N2O2/c1-14(31)16-10-23-24(29-13-16)18-11-21(28)19(26)12-22(18)30(23)25(15-6-8-32-9-7-15)17-4-2-3-5-20(17)27/h2-5,10-13,15,25H,6-9H2,1H3/t25-/m0/s1. The van der Waals surface area contributed by atoms with E-state index in [1.807, 2.05) is 10.6 Å². The first-order chi connectivity index (χ1) is 15.5. The van der Waals surface area contributed by atoms with Crippen LogP contribution < -0.4 is 0 Å². The number of ketones is 1. The zero-order valence-electron chi connectivity index (χ0n) is 17.4. The Morgan fingerprint density at radius 3 is 2.59 bits per heavy atom. The Kier molecular flexibility index (Phi) is 5.43. The maximum atomic E-state index is 15.1. The molecule has 2 aromatic heterocycles. The van der Waals surface area contributed by atoms with Crippen LogP contribution in [-0.2, 0) is 4.74 Å². The van der Waals surface area contributed by atoms with Gasteiger partial charge >= 0.3 is 0 Å². The zero-order valence-corrected chi connectivity index (χ0v) is 18.2. The third kappa shape index (κ3) is 3.48. The van der Waals surface area contributed by atoms with Crippen LogP contribution >= 0.6 is 11.6 Å². The van der Waals surface area contributed by atoms with Crippen molar-refractivity contribution in [2.75, 3.05) is 13.2 Å². The highest BCUT2D eigenvalue weighted by molar-refractivity contribution is 6.31. The molecule has 7 heteroatoms. The van der Waals surface area contributed by atoms with Crippen LogP contribution in [-0.4, -0.2) is 28.5 Å². The SMILES string of the molecule is CC(=O)c1cnc2c3cc(F)c(Cl)cc3n([C@H](c3ccccc3F)C3CCOCC3)c2c1. The number of hydrogen-bond donors (Lipinski definition) is 0. The minimum absolute atomic E-state index is 0.0207. The lowest BCUT2D eigenvalue weighted by Crippen LogP contribution is -2.27. The second kappa shape index (κ2) is 8.26. The number of carbonyl (C=O) groups excluding carboxylic acids is 1.